The molecule has 0 radical (unpaired) electrons. The summed E-state index contributed by atoms with van der Waals surface area (Å²) in [5.74, 6) is 0. The number of rotatable bonds is 1. The van der Waals surface area contributed by atoms with Gasteiger partial charge in [0.15, 0.2) is 0 Å². The van der Waals surface area contributed by atoms with Gasteiger partial charge in [-0.2, -0.15) is 8.42 Å². The van der Waals surface area contributed by atoms with E-state index in [1.165, 1.54) is 12.4 Å². The van der Waals surface area contributed by atoms with E-state index < -0.39 is 10.0 Å². The van der Waals surface area contributed by atoms with E-state index in [0.29, 0.717) is 12.2 Å². The van der Waals surface area contributed by atoms with Crippen molar-refractivity contribution in [3.05, 3.63) is 23.8 Å². The Kier molecular flexibility index (Phi) is 2.01. The van der Waals surface area contributed by atoms with Gasteiger partial charge >= 0.3 is 0 Å². The molecular weight excluding hydrogens is 202 g/mol. The van der Waals surface area contributed by atoms with Crippen LogP contribution in [-0.2, 0) is 16.6 Å². The van der Waals surface area contributed by atoms with Crippen molar-refractivity contribution in [1.82, 2.24) is 0 Å². The Morgan fingerprint density at radius 2 is 2.21 bits per heavy atom. The van der Waals surface area contributed by atoms with Crippen molar-refractivity contribution < 1.29 is 8.42 Å². The molecule has 3 N–H and O–H groups in total. The van der Waals surface area contributed by atoms with Gasteiger partial charge in [0.1, 0.15) is 11.2 Å². The van der Waals surface area contributed by atoms with E-state index in [2.05, 4.69) is 9.71 Å². The SMILES string of the molecule is NCc1ccc2c(c1)S(=O)(=O)N=CN2. The van der Waals surface area contributed by atoms with E-state index >= 15 is 0 Å². The minimum absolute atomic E-state index is 0.183. The summed E-state index contributed by atoms with van der Waals surface area (Å²) in [6, 6.07) is 4.99. The maximum Gasteiger partial charge on any atom is 0.285 e. The molecule has 1 aromatic carbocycles. The van der Waals surface area contributed by atoms with E-state index in [1.807, 2.05) is 0 Å². The van der Waals surface area contributed by atoms with Gasteiger partial charge in [0, 0.05) is 6.54 Å². The number of anilines is 1. The molecule has 0 bridgehead atoms. The van der Waals surface area contributed by atoms with E-state index in [1.54, 1.807) is 12.1 Å². The number of hydrogen-bond acceptors (Lipinski definition) is 4. The fraction of sp³-hybridized carbons (Fsp3) is 0.125. The van der Waals surface area contributed by atoms with Gasteiger partial charge in [0.25, 0.3) is 10.0 Å². The van der Waals surface area contributed by atoms with E-state index in [9.17, 15) is 8.42 Å². The van der Waals surface area contributed by atoms with Crippen LogP contribution in [0, 0.1) is 0 Å². The second-order valence-electron chi connectivity index (χ2n) is 2.89. The summed E-state index contributed by atoms with van der Waals surface area (Å²) in [5, 5.41) is 2.76. The lowest BCUT2D eigenvalue weighted by Crippen LogP contribution is -2.12. The summed E-state index contributed by atoms with van der Waals surface area (Å²) in [7, 11) is -3.52. The number of benzene rings is 1. The van der Waals surface area contributed by atoms with Crippen molar-refractivity contribution >= 4 is 22.0 Å². The summed E-state index contributed by atoms with van der Waals surface area (Å²) in [6.07, 6.45) is 1.17. The standard InChI is InChI=1S/C8H9N3O2S/c9-4-6-1-2-7-8(3-6)14(12,13)11-5-10-7/h1-3,5H,4,9H2,(H,10,11). The number of nitrogens with two attached hydrogens (primary N) is 1. The van der Waals surface area contributed by atoms with Gasteiger partial charge in [-0.05, 0) is 17.7 Å². The molecule has 74 valence electrons. The number of nitrogens with zero attached hydrogens (tertiary/aromatic N) is 1. The highest BCUT2D eigenvalue weighted by Gasteiger charge is 2.20. The molecule has 5 nitrogen and oxygen atoms in total. The topological polar surface area (TPSA) is 84.6 Å². The normalized spacial score (nSPS) is 17.2. The lowest BCUT2D eigenvalue weighted by Gasteiger charge is -2.12. The Hall–Kier alpha value is -1.40. The predicted molar refractivity (Wildman–Crippen MR) is 53.6 cm³/mol. The summed E-state index contributed by atoms with van der Waals surface area (Å²) in [5.41, 5.74) is 6.73. The highest BCUT2D eigenvalue weighted by Crippen LogP contribution is 2.26. The van der Waals surface area contributed by atoms with Crippen LogP contribution in [0.1, 0.15) is 5.56 Å². The third-order valence-corrected chi connectivity index (χ3v) is 3.25. The molecule has 0 unspecified atom stereocenters. The summed E-state index contributed by atoms with van der Waals surface area (Å²) >= 11 is 0. The fourth-order valence-electron chi connectivity index (χ4n) is 1.25. The molecule has 1 heterocycles. The molecule has 0 spiro atoms. The third kappa shape index (κ3) is 1.38. The fourth-order valence-corrected chi connectivity index (χ4v) is 2.26. The minimum Gasteiger partial charge on any atom is -0.345 e. The van der Waals surface area contributed by atoms with Crippen molar-refractivity contribution in [2.75, 3.05) is 5.32 Å². The van der Waals surface area contributed by atoms with Crippen LogP contribution in [0.3, 0.4) is 0 Å². The zero-order chi connectivity index (χ0) is 10.2. The highest BCUT2D eigenvalue weighted by atomic mass is 32.2. The lowest BCUT2D eigenvalue weighted by atomic mass is 10.2. The summed E-state index contributed by atoms with van der Waals surface area (Å²) in [4.78, 5) is 0.183. The Balaban J connectivity index is 2.65. The molecule has 0 fully saturated rings. The minimum atomic E-state index is -3.52. The average Bonchev–Trinajstić information content (AvgIpc) is 2.17. The summed E-state index contributed by atoms with van der Waals surface area (Å²) < 4.78 is 26.3. The monoisotopic (exact) mass is 211 g/mol. The largest absolute Gasteiger partial charge is 0.345 e. The van der Waals surface area contributed by atoms with Crippen LogP contribution in [0.4, 0.5) is 5.69 Å². The van der Waals surface area contributed by atoms with Gasteiger partial charge in [-0.25, -0.2) is 0 Å². The molecule has 14 heavy (non-hydrogen) atoms. The van der Waals surface area contributed by atoms with Gasteiger partial charge in [-0.15, -0.1) is 4.40 Å². The van der Waals surface area contributed by atoms with Gasteiger partial charge in [-0.3, -0.25) is 0 Å². The van der Waals surface area contributed by atoms with Crippen LogP contribution < -0.4 is 11.1 Å². The Labute approximate surface area is 81.7 Å². The van der Waals surface area contributed by atoms with Crippen LogP contribution in [0.25, 0.3) is 0 Å². The van der Waals surface area contributed by atoms with Crippen molar-refractivity contribution in [2.45, 2.75) is 11.4 Å². The van der Waals surface area contributed by atoms with E-state index in [4.69, 9.17) is 5.73 Å². The van der Waals surface area contributed by atoms with Gasteiger partial charge in [0.05, 0.1) is 5.69 Å². The molecule has 0 amide bonds. The second kappa shape index (κ2) is 3.07. The molecule has 0 aliphatic carbocycles. The first-order valence-corrected chi connectivity index (χ1v) is 5.46. The van der Waals surface area contributed by atoms with Gasteiger partial charge < -0.3 is 11.1 Å². The molecule has 1 aliphatic rings. The number of sulfonamides is 1. The first-order chi connectivity index (χ1) is 6.63. The zero-order valence-electron chi connectivity index (χ0n) is 7.27. The Bertz CT molecular complexity index is 493. The van der Waals surface area contributed by atoms with E-state index in [-0.39, 0.29) is 4.90 Å². The lowest BCUT2D eigenvalue weighted by molar-refractivity contribution is 0.598. The average molecular weight is 211 g/mol. The first kappa shape index (κ1) is 9.17. The third-order valence-electron chi connectivity index (χ3n) is 1.97. The van der Waals surface area contributed by atoms with Crippen LogP contribution in [-0.4, -0.2) is 14.8 Å². The van der Waals surface area contributed by atoms with Crippen molar-refractivity contribution in [3.63, 3.8) is 0 Å². The van der Waals surface area contributed by atoms with Crippen molar-refractivity contribution in [3.8, 4) is 0 Å². The first-order valence-electron chi connectivity index (χ1n) is 4.02. The molecule has 0 saturated carbocycles. The molecule has 6 heteroatoms. The van der Waals surface area contributed by atoms with E-state index in [0.717, 1.165) is 5.56 Å². The summed E-state index contributed by atoms with van der Waals surface area (Å²) in [6.45, 7) is 0.312. The molecular formula is C8H9N3O2S. The molecule has 2 rings (SSSR count). The maximum absolute atomic E-state index is 11.5. The van der Waals surface area contributed by atoms with Crippen LogP contribution in [0.2, 0.25) is 0 Å². The predicted octanol–water partition coefficient (Wildman–Crippen LogP) is 0.288. The molecule has 0 aromatic heterocycles. The smallest absolute Gasteiger partial charge is 0.285 e. The molecule has 0 saturated heterocycles. The van der Waals surface area contributed by atoms with Crippen LogP contribution in [0.15, 0.2) is 27.5 Å². The van der Waals surface area contributed by atoms with Crippen molar-refractivity contribution in [1.29, 1.82) is 0 Å². The Morgan fingerprint density at radius 3 is 2.93 bits per heavy atom. The van der Waals surface area contributed by atoms with Crippen LogP contribution >= 0.6 is 0 Å². The molecule has 0 atom stereocenters. The maximum atomic E-state index is 11.5. The van der Waals surface area contributed by atoms with Crippen molar-refractivity contribution in [2.24, 2.45) is 10.1 Å². The van der Waals surface area contributed by atoms with Crippen LogP contribution in [0.5, 0.6) is 0 Å². The highest BCUT2D eigenvalue weighted by molar-refractivity contribution is 7.90. The second-order valence-corrected chi connectivity index (χ2v) is 4.49. The quantitative estimate of drug-likeness (QED) is 0.699. The molecule has 1 aliphatic heterocycles. The number of fused-ring (bicyclic) bond motifs is 1. The Morgan fingerprint density at radius 1 is 1.43 bits per heavy atom. The number of hydrogen-bond donors (Lipinski definition) is 2. The zero-order valence-corrected chi connectivity index (χ0v) is 8.08. The van der Waals surface area contributed by atoms with Gasteiger partial charge in [0.2, 0.25) is 0 Å². The number of nitrogens with one attached hydrogen (secondary N) is 1. The van der Waals surface area contributed by atoms with Gasteiger partial charge in [-0.1, -0.05) is 6.07 Å². The molecule has 1 aromatic rings.